The summed E-state index contributed by atoms with van der Waals surface area (Å²) in [5.41, 5.74) is 4.54. The van der Waals surface area contributed by atoms with Crippen LogP contribution in [0, 0.1) is 19.9 Å². The van der Waals surface area contributed by atoms with Gasteiger partial charge in [-0.05, 0) is 18.7 Å². The van der Waals surface area contributed by atoms with Gasteiger partial charge >= 0.3 is 12.1 Å². The van der Waals surface area contributed by atoms with Crippen molar-refractivity contribution in [3.63, 3.8) is 0 Å². The topological polar surface area (TPSA) is 54.5 Å². The number of pyridine rings is 1. The Morgan fingerprint density at radius 3 is 2.18 bits per heavy atom. The van der Waals surface area contributed by atoms with Gasteiger partial charge in [0, 0.05) is 26.3 Å². The van der Waals surface area contributed by atoms with Crippen molar-refractivity contribution in [3.8, 4) is 11.3 Å². The molecule has 0 atom stereocenters. The van der Waals surface area contributed by atoms with E-state index in [0.717, 1.165) is 11.3 Å². The zero-order valence-corrected chi connectivity index (χ0v) is 14.2. The average molecular weight is 489 g/mol. The molecule has 0 saturated heterocycles. The van der Waals surface area contributed by atoms with E-state index < -0.39 is 12.1 Å². The largest absolute Gasteiger partial charge is 0.591 e. The molecule has 7 heteroatoms. The Morgan fingerprint density at radius 2 is 1.73 bits per heavy atom. The van der Waals surface area contributed by atoms with Gasteiger partial charge in [-0.2, -0.15) is 13.2 Å². The number of aryl methyl sites for hydroxylation is 2. The van der Waals surface area contributed by atoms with Crippen molar-refractivity contribution in [2.45, 2.75) is 20.0 Å². The number of carboxylic acids is 1. The Morgan fingerprint density at radius 1 is 1.18 bits per heavy atom. The van der Waals surface area contributed by atoms with Gasteiger partial charge in [0.15, 0.2) is 0 Å². The number of carboxylic acid groups (broad SMARTS) is 1. The monoisotopic (exact) mass is 490 g/mol. The minimum absolute atomic E-state index is 0. The second-order valence-electron chi connectivity index (χ2n) is 4.22. The molecule has 2 N–H and O–H groups in total. The average Bonchev–Trinajstić information content (AvgIpc) is 2.40. The van der Waals surface area contributed by atoms with Crippen LogP contribution in [0.4, 0.5) is 13.2 Å². The van der Waals surface area contributed by atoms with Gasteiger partial charge in [-0.25, -0.2) is 0 Å². The molecule has 2 aromatic rings. The maximum atomic E-state index is 10.6. The van der Waals surface area contributed by atoms with Gasteiger partial charge in [0.05, 0.1) is 0 Å². The molecule has 0 fully saturated rings. The van der Waals surface area contributed by atoms with E-state index >= 15 is 0 Å². The maximum Gasteiger partial charge on any atom is 0.591 e. The molecule has 0 aliphatic rings. The summed E-state index contributed by atoms with van der Waals surface area (Å²) < 4.78 is 31.9. The number of hydrogen-bond acceptors (Lipinski definition) is 1. The van der Waals surface area contributed by atoms with Crippen LogP contribution >= 0.6 is 0 Å². The summed E-state index contributed by atoms with van der Waals surface area (Å²) in [5.74, 6) is -2.51. The molecule has 0 aliphatic heterocycles. The van der Waals surface area contributed by atoms with Gasteiger partial charge in [0.2, 0.25) is 0 Å². The molecule has 0 bridgehead atoms. The fourth-order valence-electron chi connectivity index (χ4n) is 1.52. The van der Waals surface area contributed by atoms with Crippen LogP contribution in [0.15, 0.2) is 36.5 Å². The molecule has 1 aromatic heterocycles. The maximum absolute atomic E-state index is 10.6. The standard InChI is InChI=1S/C13H12N.C2HF3O2.Ir/c1-10-6-3-4-8-12(10)13-11(2)7-5-9-14-13;3-2(4,5)1(6)7;/h3-7,9H,1-2H3;(H,6,7);/q-1;;/p+1. The summed E-state index contributed by atoms with van der Waals surface area (Å²) in [7, 11) is 0. The summed E-state index contributed by atoms with van der Waals surface area (Å²) in [5, 5.41) is 7.24. The molecule has 0 saturated carbocycles. The van der Waals surface area contributed by atoms with Crippen molar-refractivity contribution in [2.24, 2.45) is 0 Å². The number of benzene rings is 1. The van der Waals surface area contributed by atoms with Crippen LogP contribution in [0.3, 0.4) is 0 Å². The molecule has 2 rings (SSSR count). The zero-order valence-electron chi connectivity index (χ0n) is 11.8. The molecule has 1 radical (unpaired) electrons. The fraction of sp³-hybridized carbons (Fsp3) is 0.200. The molecular formula is C15H14F3IrNO2. The molecule has 0 amide bonds. The molecule has 1 heterocycles. The van der Waals surface area contributed by atoms with Crippen molar-refractivity contribution in [1.29, 1.82) is 0 Å². The van der Waals surface area contributed by atoms with Gasteiger partial charge in [0.25, 0.3) is 0 Å². The number of rotatable bonds is 1. The third-order valence-electron chi connectivity index (χ3n) is 2.56. The molecular weight excluding hydrogens is 475 g/mol. The van der Waals surface area contributed by atoms with E-state index in [1.54, 1.807) is 0 Å². The summed E-state index contributed by atoms with van der Waals surface area (Å²) >= 11 is 0. The van der Waals surface area contributed by atoms with Gasteiger partial charge in [-0.15, -0.1) is 35.4 Å². The van der Waals surface area contributed by atoms with E-state index in [1.165, 1.54) is 11.1 Å². The Bertz CT molecular complexity index is 587. The van der Waals surface area contributed by atoms with Gasteiger partial charge < -0.3 is 14.9 Å². The molecule has 0 spiro atoms. The van der Waals surface area contributed by atoms with Crippen molar-refractivity contribution in [2.75, 3.05) is 0 Å². The molecule has 0 aliphatic carbocycles. The quantitative estimate of drug-likeness (QED) is 0.490. The normalized spacial score (nSPS) is 10.0. The first kappa shape index (κ1) is 20.3. The minimum Gasteiger partial charge on any atom is -0.332 e. The summed E-state index contributed by atoms with van der Waals surface area (Å²) in [6, 6.07) is 13.3. The van der Waals surface area contributed by atoms with Crippen LogP contribution in [0.5, 0.6) is 0 Å². The third kappa shape index (κ3) is 5.95. The first-order valence-electron chi connectivity index (χ1n) is 5.95. The van der Waals surface area contributed by atoms with E-state index in [2.05, 4.69) is 37.0 Å². The first-order valence-corrected chi connectivity index (χ1v) is 5.95. The SMILES string of the molecule is Cc1ccc[c-]c1-c1ncccc1C.OC(=[OH+])C(F)(F)F.[Ir]. The van der Waals surface area contributed by atoms with E-state index in [-0.39, 0.29) is 20.1 Å². The second-order valence-corrected chi connectivity index (χ2v) is 4.22. The van der Waals surface area contributed by atoms with Crippen molar-refractivity contribution >= 4 is 5.97 Å². The summed E-state index contributed by atoms with van der Waals surface area (Å²) in [6.07, 6.45) is -3.15. The van der Waals surface area contributed by atoms with Crippen LogP contribution < -0.4 is 0 Å². The van der Waals surface area contributed by atoms with Gasteiger partial charge in [-0.3, -0.25) is 0 Å². The Kier molecular flexibility index (Phi) is 7.98. The van der Waals surface area contributed by atoms with Crippen LogP contribution in [-0.4, -0.2) is 27.0 Å². The van der Waals surface area contributed by atoms with Gasteiger partial charge in [-0.1, -0.05) is 18.6 Å². The van der Waals surface area contributed by atoms with E-state index in [9.17, 15) is 13.2 Å². The molecule has 1 aromatic carbocycles. The number of aliphatic hydroxyl groups excluding tert-OH is 1. The smallest absolute Gasteiger partial charge is 0.332 e. The number of hydrogen-bond donors (Lipinski definition) is 1. The summed E-state index contributed by atoms with van der Waals surface area (Å²) in [4.78, 5) is 11.6. The fourth-order valence-corrected chi connectivity index (χ4v) is 1.52. The number of aliphatic carboxylic acids is 1. The van der Waals surface area contributed by atoms with Crippen molar-refractivity contribution in [3.05, 3.63) is 53.7 Å². The molecule has 0 unspecified atom stereocenters. The number of aromatic nitrogens is 1. The third-order valence-corrected chi connectivity index (χ3v) is 2.56. The van der Waals surface area contributed by atoms with Gasteiger partial charge in [0.1, 0.15) is 0 Å². The van der Waals surface area contributed by atoms with Crippen molar-refractivity contribution < 1.29 is 43.2 Å². The minimum atomic E-state index is -4.97. The molecule has 121 valence electrons. The van der Waals surface area contributed by atoms with E-state index in [4.69, 9.17) is 9.90 Å². The zero-order chi connectivity index (χ0) is 16.0. The summed E-state index contributed by atoms with van der Waals surface area (Å²) in [6.45, 7) is 4.16. The van der Waals surface area contributed by atoms with Crippen molar-refractivity contribution in [1.82, 2.24) is 4.98 Å². The molecule has 3 nitrogen and oxygen atoms in total. The molecule has 22 heavy (non-hydrogen) atoms. The number of nitrogens with zero attached hydrogens (tertiary/aromatic N) is 1. The van der Waals surface area contributed by atoms with Crippen LogP contribution in [0.2, 0.25) is 0 Å². The second kappa shape index (κ2) is 8.66. The Hall–Kier alpha value is -1.72. The van der Waals surface area contributed by atoms with E-state index in [0.29, 0.717) is 0 Å². The van der Waals surface area contributed by atoms with Crippen LogP contribution in [-0.2, 0) is 20.1 Å². The number of halogens is 3. The predicted octanol–water partition coefficient (Wildman–Crippen LogP) is 3.77. The van der Waals surface area contributed by atoms with E-state index in [1.807, 2.05) is 24.4 Å². The van der Waals surface area contributed by atoms with Crippen LogP contribution in [0.1, 0.15) is 11.1 Å². The Labute approximate surface area is 139 Å². The van der Waals surface area contributed by atoms with Crippen LogP contribution in [0.25, 0.3) is 11.3 Å². The predicted molar refractivity (Wildman–Crippen MR) is 73.6 cm³/mol. The number of alkyl halides is 3. The Balaban J connectivity index is 0.000000478. The first-order chi connectivity index (χ1) is 9.73.